The topological polar surface area (TPSA) is 186 Å². The van der Waals surface area contributed by atoms with Gasteiger partial charge in [-0.3, -0.25) is 43.8 Å². The van der Waals surface area contributed by atoms with Crippen molar-refractivity contribution in [3.8, 4) is 22.6 Å². The SMILES string of the molecule is CCCCn1nc(C)c(-c2cccc3c(CCCOc4cccc5ccccc45)c(C(=O)O)n(CCN4CCN(C(=O)COc5cccc6c5C(=O)N(C5CCC(=O)NC5=O)C6=O)CC4)c23)c1C. The highest BCUT2D eigenvalue weighted by atomic mass is 16.5. The summed E-state index contributed by atoms with van der Waals surface area (Å²) in [6, 6.07) is 23.6. The van der Waals surface area contributed by atoms with Crippen LogP contribution in [0.4, 0.5) is 0 Å². The molecule has 5 heterocycles. The molecule has 1 unspecified atom stereocenters. The number of ether oxygens (including phenoxy) is 2. The summed E-state index contributed by atoms with van der Waals surface area (Å²) in [6.07, 6.45) is 3.14. The highest BCUT2D eigenvalue weighted by Crippen LogP contribution is 2.39. The number of hydrogen-bond acceptors (Lipinski definition) is 10. The Labute approximate surface area is 393 Å². The number of piperazine rings is 1. The molecule has 5 amide bonds. The number of unbranched alkanes of at least 4 members (excludes halogenated alkanes) is 1. The second-order valence-corrected chi connectivity index (χ2v) is 17.7. The molecule has 9 rings (SSSR count). The lowest BCUT2D eigenvalue weighted by Crippen LogP contribution is -2.54. The van der Waals surface area contributed by atoms with Gasteiger partial charge in [0.2, 0.25) is 11.8 Å². The molecule has 16 nitrogen and oxygen atoms in total. The van der Waals surface area contributed by atoms with E-state index >= 15 is 0 Å². The van der Waals surface area contributed by atoms with Crippen molar-refractivity contribution in [3.05, 3.63) is 113 Å². The van der Waals surface area contributed by atoms with E-state index in [0.29, 0.717) is 58.7 Å². The van der Waals surface area contributed by atoms with E-state index < -0.39 is 35.6 Å². The van der Waals surface area contributed by atoms with Gasteiger partial charge in [-0.2, -0.15) is 5.10 Å². The van der Waals surface area contributed by atoms with Crippen molar-refractivity contribution in [1.82, 2.24) is 34.4 Å². The number of para-hydroxylation sites is 1. The number of aryl methyl sites for hydroxylation is 3. The number of fused-ring (bicyclic) bond motifs is 3. The number of aromatic nitrogens is 3. The summed E-state index contributed by atoms with van der Waals surface area (Å²) in [4.78, 5) is 82.9. The number of aromatic carboxylic acids is 1. The predicted octanol–water partition coefficient (Wildman–Crippen LogP) is 6.41. The highest BCUT2D eigenvalue weighted by molar-refractivity contribution is 6.24. The number of amides is 5. The Morgan fingerprint density at radius 3 is 2.28 bits per heavy atom. The molecule has 352 valence electrons. The van der Waals surface area contributed by atoms with E-state index in [9.17, 15) is 33.9 Å². The first-order valence-electron chi connectivity index (χ1n) is 23.4. The minimum Gasteiger partial charge on any atom is -0.493 e. The molecule has 2 aromatic heterocycles. The molecule has 3 aliphatic heterocycles. The molecule has 16 heteroatoms. The summed E-state index contributed by atoms with van der Waals surface area (Å²) in [5, 5.41) is 21.1. The van der Waals surface area contributed by atoms with Crippen molar-refractivity contribution >= 4 is 57.2 Å². The van der Waals surface area contributed by atoms with Crippen molar-refractivity contribution in [1.29, 1.82) is 0 Å². The number of piperidine rings is 1. The van der Waals surface area contributed by atoms with Gasteiger partial charge >= 0.3 is 5.97 Å². The van der Waals surface area contributed by atoms with Crippen LogP contribution >= 0.6 is 0 Å². The van der Waals surface area contributed by atoms with Crippen molar-refractivity contribution in [2.45, 2.75) is 78.4 Å². The molecule has 68 heavy (non-hydrogen) atoms. The number of nitrogens with one attached hydrogen (secondary N) is 1. The van der Waals surface area contributed by atoms with Crippen LogP contribution < -0.4 is 14.8 Å². The minimum absolute atomic E-state index is 0.000378. The van der Waals surface area contributed by atoms with Crippen LogP contribution in [0.25, 0.3) is 32.8 Å². The van der Waals surface area contributed by atoms with Crippen LogP contribution in [-0.4, -0.2) is 122 Å². The summed E-state index contributed by atoms with van der Waals surface area (Å²) in [6.45, 7) is 9.87. The summed E-state index contributed by atoms with van der Waals surface area (Å²) < 4.78 is 16.2. The molecule has 6 aromatic rings. The first-order chi connectivity index (χ1) is 32.9. The van der Waals surface area contributed by atoms with Crippen LogP contribution in [0.2, 0.25) is 0 Å². The van der Waals surface area contributed by atoms with E-state index in [-0.39, 0.29) is 47.9 Å². The Hall–Kier alpha value is -7.33. The van der Waals surface area contributed by atoms with Gasteiger partial charge in [0.25, 0.3) is 17.7 Å². The molecule has 0 bridgehead atoms. The zero-order chi connectivity index (χ0) is 47.6. The molecular formula is C52H55N7O9. The Morgan fingerprint density at radius 2 is 1.50 bits per heavy atom. The number of hydrogen-bond donors (Lipinski definition) is 2. The fourth-order valence-electron chi connectivity index (χ4n) is 10.1. The molecule has 1 atom stereocenters. The van der Waals surface area contributed by atoms with Crippen molar-refractivity contribution in [2.75, 3.05) is 45.9 Å². The van der Waals surface area contributed by atoms with E-state index in [1.807, 2.05) is 54.0 Å². The summed E-state index contributed by atoms with van der Waals surface area (Å²) >= 11 is 0. The van der Waals surface area contributed by atoms with Crippen LogP contribution in [0.5, 0.6) is 11.5 Å². The number of nitrogens with zero attached hydrogens (tertiary/aromatic N) is 6. The quantitative estimate of drug-likeness (QED) is 0.0761. The maximum Gasteiger partial charge on any atom is 0.352 e. The maximum atomic E-state index is 13.5. The van der Waals surface area contributed by atoms with Gasteiger partial charge in [0, 0.05) is 79.8 Å². The fourth-order valence-corrected chi connectivity index (χ4v) is 10.1. The van der Waals surface area contributed by atoms with Crippen molar-refractivity contribution in [3.63, 3.8) is 0 Å². The Bertz CT molecular complexity index is 2980. The third kappa shape index (κ3) is 8.71. The number of imide groups is 2. The maximum absolute atomic E-state index is 13.5. The molecule has 0 spiro atoms. The lowest BCUT2D eigenvalue weighted by atomic mass is 9.98. The third-order valence-corrected chi connectivity index (χ3v) is 13.5. The van der Waals surface area contributed by atoms with Crippen LogP contribution in [-0.2, 0) is 33.9 Å². The highest BCUT2D eigenvalue weighted by Gasteiger charge is 2.46. The Balaban J connectivity index is 0.903. The van der Waals surface area contributed by atoms with Gasteiger partial charge in [-0.25, -0.2) is 4.79 Å². The van der Waals surface area contributed by atoms with Crippen molar-refractivity contribution < 1.29 is 43.3 Å². The van der Waals surface area contributed by atoms with Gasteiger partial charge in [-0.05, 0) is 68.7 Å². The second kappa shape index (κ2) is 19.5. The number of benzene rings is 4. The number of rotatable bonds is 17. The average molecular weight is 922 g/mol. The number of carbonyl (C=O) groups excluding carboxylic acids is 5. The molecule has 2 saturated heterocycles. The molecule has 3 aliphatic rings. The van der Waals surface area contributed by atoms with E-state index in [2.05, 4.69) is 46.9 Å². The van der Waals surface area contributed by atoms with Gasteiger partial charge < -0.3 is 24.0 Å². The standard InChI is InChI=1S/C52H55N7O9/c1-4-5-23-58-33(3)45(32(2)54-58)38-16-9-15-36-37(18-11-30-67-41-19-8-13-34-12-6-7-14-35(34)41)48(52(65)66)57(47(36)38)29-26-55-24-27-56(28-25-55)44(61)31-68-42-20-10-17-39-46(42)51(64)59(50(39)63)40-21-22-43(60)53-49(40)62/h6-10,12-17,19-20,40H,4-5,11,18,21-31H2,1-3H3,(H,65,66)(H,53,60,62). The van der Waals surface area contributed by atoms with Crippen molar-refractivity contribution in [2.24, 2.45) is 0 Å². The molecule has 0 saturated carbocycles. The average Bonchev–Trinajstić information content (AvgIpc) is 3.92. The van der Waals surface area contributed by atoms with Crippen LogP contribution in [0.1, 0.15) is 87.2 Å². The molecule has 4 aromatic carbocycles. The summed E-state index contributed by atoms with van der Waals surface area (Å²) in [7, 11) is 0. The predicted molar refractivity (Wildman–Crippen MR) is 254 cm³/mol. The monoisotopic (exact) mass is 921 g/mol. The van der Waals surface area contributed by atoms with Crippen LogP contribution in [0.3, 0.4) is 0 Å². The van der Waals surface area contributed by atoms with E-state index in [1.165, 1.54) is 12.1 Å². The Kier molecular flexibility index (Phi) is 13.1. The van der Waals surface area contributed by atoms with Crippen LogP contribution in [0.15, 0.2) is 78.9 Å². The molecule has 2 fully saturated rings. The van der Waals surface area contributed by atoms with E-state index in [4.69, 9.17) is 14.6 Å². The Morgan fingerprint density at radius 1 is 0.779 bits per heavy atom. The minimum atomic E-state index is -1.12. The normalized spacial score (nSPS) is 16.5. The zero-order valence-electron chi connectivity index (χ0n) is 38.6. The molecule has 0 aliphatic carbocycles. The van der Waals surface area contributed by atoms with Gasteiger partial charge in [0.15, 0.2) is 6.61 Å². The largest absolute Gasteiger partial charge is 0.493 e. The van der Waals surface area contributed by atoms with E-state index in [0.717, 1.165) is 79.8 Å². The first kappa shape index (κ1) is 45.8. The van der Waals surface area contributed by atoms with Gasteiger partial charge in [0.1, 0.15) is 23.2 Å². The first-order valence-corrected chi connectivity index (χ1v) is 23.4. The van der Waals surface area contributed by atoms with E-state index in [1.54, 1.807) is 11.0 Å². The lowest BCUT2D eigenvalue weighted by Gasteiger charge is -2.35. The third-order valence-electron chi connectivity index (χ3n) is 13.5. The van der Waals surface area contributed by atoms with Crippen LogP contribution in [0, 0.1) is 13.8 Å². The smallest absolute Gasteiger partial charge is 0.352 e. The van der Waals surface area contributed by atoms with Gasteiger partial charge in [-0.1, -0.05) is 74.0 Å². The number of carbonyl (C=O) groups is 6. The van der Waals surface area contributed by atoms with Gasteiger partial charge in [-0.15, -0.1) is 0 Å². The fraction of sp³-hybridized carbons (Fsp3) is 0.365. The summed E-state index contributed by atoms with van der Waals surface area (Å²) in [5.74, 6) is -2.99. The summed E-state index contributed by atoms with van der Waals surface area (Å²) in [5.41, 5.74) is 5.79. The molecule has 2 N–H and O–H groups in total. The number of carboxylic acid groups (broad SMARTS) is 1. The second-order valence-electron chi connectivity index (χ2n) is 17.7. The van der Waals surface area contributed by atoms with Gasteiger partial charge in [0.05, 0.1) is 28.9 Å². The lowest BCUT2D eigenvalue weighted by molar-refractivity contribution is -0.136. The zero-order valence-corrected chi connectivity index (χ0v) is 38.6. The number of carboxylic acids is 1. The molecular weight excluding hydrogens is 867 g/mol. The molecule has 0 radical (unpaired) electrons.